The van der Waals surface area contributed by atoms with Crippen LogP contribution in [0.15, 0.2) is 121 Å². The predicted octanol–water partition coefficient (Wildman–Crippen LogP) is 6.45. The SMILES string of the molecule is NC[C@@H]1C[C@@H](SC(c2ccccc2)(c2ccccc2)c2ccccc2)CN1C(=O)OCc1ccccc1. The lowest BCUT2D eigenvalue weighted by Crippen LogP contribution is -2.40. The van der Waals surface area contributed by atoms with Crippen LogP contribution in [0.3, 0.4) is 0 Å². The van der Waals surface area contributed by atoms with E-state index in [4.69, 9.17) is 10.5 Å². The van der Waals surface area contributed by atoms with Gasteiger partial charge in [0.1, 0.15) is 6.61 Å². The Hall–Kier alpha value is -3.54. The molecule has 5 rings (SSSR count). The molecule has 4 aromatic carbocycles. The molecule has 0 saturated carbocycles. The second-order valence-corrected chi connectivity index (χ2v) is 10.9. The van der Waals surface area contributed by atoms with Crippen LogP contribution in [0, 0.1) is 0 Å². The number of thioether (sulfide) groups is 1. The standard InChI is InChI=1S/C32H32N2O2S/c33-22-29-21-30(23-34(29)31(35)36-24-25-13-5-1-6-14-25)37-32(26-15-7-2-8-16-26,27-17-9-3-10-18-27)28-19-11-4-12-20-28/h1-20,29-30H,21-24,33H2/t29-,30+/m0/s1. The Balaban J connectivity index is 1.46. The van der Waals surface area contributed by atoms with Crippen LogP contribution in [0.4, 0.5) is 4.79 Å². The first kappa shape index (κ1) is 25.1. The molecule has 2 N–H and O–H groups in total. The van der Waals surface area contributed by atoms with Crippen molar-refractivity contribution >= 4 is 17.9 Å². The van der Waals surface area contributed by atoms with E-state index in [2.05, 4.69) is 91.0 Å². The number of nitrogens with two attached hydrogens (primary N) is 1. The highest BCUT2D eigenvalue weighted by molar-refractivity contribution is 8.01. The van der Waals surface area contributed by atoms with Crippen molar-refractivity contribution in [1.82, 2.24) is 4.90 Å². The lowest BCUT2D eigenvalue weighted by Gasteiger charge is -2.37. The lowest BCUT2D eigenvalue weighted by molar-refractivity contribution is 0.0932. The van der Waals surface area contributed by atoms with Crippen LogP contribution >= 0.6 is 11.8 Å². The first-order valence-corrected chi connectivity index (χ1v) is 13.6. The molecule has 1 amide bonds. The summed E-state index contributed by atoms with van der Waals surface area (Å²) in [7, 11) is 0. The van der Waals surface area contributed by atoms with E-state index in [-0.39, 0.29) is 24.0 Å². The maximum absolute atomic E-state index is 13.1. The van der Waals surface area contributed by atoms with Crippen molar-refractivity contribution in [1.29, 1.82) is 0 Å². The molecule has 0 aliphatic carbocycles. The quantitative estimate of drug-likeness (QED) is 0.278. The van der Waals surface area contributed by atoms with Gasteiger partial charge in [-0.2, -0.15) is 0 Å². The summed E-state index contributed by atoms with van der Waals surface area (Å²) in [6, 6.07) is 41.7. The van der Waals surface area contributed by atoms with Gasteiger partial charge >= 0.3 is 6.09 Å². The number of likely N-dealkylation sites (tertiary alicyclic amines) is 1. The summed E-state index contributed by atoms with van der Waals surface area (Å²) in [6.07, 6.45) is 0.516. The molecule has 1 aliphatic rings. The van der Waals surface area contributed by atoms with Crippen LogP contribution in [0.25, 0.3) is 0 Å². The molecule has 0 radical (unpaired) electrons. The molecule has 0 bridgehead atoms. The normalized spacial score (nSPS) is 17.5. The Labute approximate surface area is 223 Å². The van der Waals surface area contributed by atoms with Crippen molar-refractivity contribution in [2.45, 2.75) is 29.1 Å². The highest BCUT2D eigenvalue weighted by Gasteiger charge is 2.44. The minimum Gasteiger partial charge on any atom is -0.445 e. The van der Waals surface area contributed by atoms with Gasteiger partial charge in [-0.15, -0.1) is 11.8 Å². The predicted molar refractivity (Wildman–Crippen MR) is 151 cm³/mol. The highest BCUT2D eigenvalue weighted by atomic mass is 32.2. The number of carbonyl (C=O) groups excluding carboxylic acids is 1. The minimum atomic E-state index is -0.433. The lowest BCUT2D eigenvalue weighted by atomic mass is 9.84. The molecular weight excluding hydrogens is 476 g/mol. The molecule has 37 heavy (non-hydrogen) atoms. The van der Waals surface area contributed by atoms with Crippen molar-refractivity contribution in [3.63, 3.8) is 0 Å². The molecule has 4 aromatic rings. The Bertz CT molecular complexity index is 1170. The van der Waals surface area contributed by atoms with E-state index in [1.165, 1.54) is 16.7 Å². The molecular formula is C32H32N2O2S. The third kappa shape index (κ3) is 5.43. The van der Waals surface area contributed by atoms with Crippen molar-refractivity contribution in [2.75, 3.05) is 13.1 Å². The van der Waals surface area contributed by atoms with Gasteiger partial charge < -0.3 is 15.4 Å². The molecule has 1 aliphatic heterocycles. The summed E-state index contributed by atoms with van der Waals surface area (Å²) < 4.78 is 5.27. The van der Waals surface area contributed by atoms with Gasteiger partial charge in [0.2, 0.25) is 0 Å². The van der Waals surface area contributed by atoms with Crippen LogP contribution in [0.1, 0.15) is 28.7 Å². The Morgan fingerprint density at radius 1 is 0.784 bits per heavy atom. The van der Waals surface area contributed by atoms with Crippen LogP contribution in [-0.2, 0) is 16.1 Å². The topological polar surface area (TPSA) is 55.6 Å². The monoisotopic (exact) mass is 508 g/mol. The number of nitrogens with zero attached hydrogens (tertiary/aromatic N) is 1. The van der Waals surface area contributed by atoms with Crippen molar-refractivity contribution < 1.29 is 9.53 Å². The van der Waals surface area contributed by atoms with Gasteiger partial charge in [-0.05, 0) is 28.7 Å². The van der Waals surface area contributed by atoms with Gasteiger partial charge in [0, 0.05) is 24.4 Å². The smallest absolute Gasteiger partial charge is 0.410 e. The number of benzene rings is 4. The average molecular weight is 509 g/mol. The fourth-order valence-electron chi connectivity index (χ4n) is 5.18. The average Bonchev–Trinajstić information content (AvgIpc) is 3.39. The second-order valence-electron chi connectivity index (χ2n) is 9.34. The van der Waals surface area contributed by atoms with Crippen molar-refractivity contribution in [2.24, 2.45) is 5.73 Å². The third-order valence-corrected chi connectivity index (χ3v) is 8.71. The number of rotatable bonds is 8. The molecule has 1 fully saturated rings. The van der Waals surface area contributed by atoms with Crippen molar-refractivity contribution in [3.8, 4) is 0 Å². The van der Waals surface area contributed by atoms with Gasteiger partial charge in [-0.3, -0.25) is 0 Å². The van der Waals surface area contributed by atoms with E-state index in [0.29, 0.717) is 13.1 Å². The maximum Gasteiger partial charge on any atom is 0.410 e. The molecule has 1 saturated heterocycles. The first-order chi connectivity index (χ1) is 18.2. The Morgan fingerprint density at radius 2 is 1.24 bits per heavy atom. The third-order valence-electron chi connectivity index (χ3n) is 6.97. The summed E-state index contributed by atoms with van der Waals surface area (Å²) >= 11 is 1.91. The number of ether oxygens (including phenoxy) is 1. The van der Waals surface area contributed by atoms with Crippen LogP contribution in [-0.4, -0.2) is 35.4 Å². The van der Waals surface area contributed by atoms with Gasteiger partial charge in [0.05, 0.1) is 4.75 Å². The van der Waals surface area contributed by atoms with E-state index in [9.17, 15) is 4.79 Å². The molecule has 0 unspecified atom stereocenters. The zero-order chi connectivity index (χ0) is 25.5. The van der Waals surface area contributed by atoms with Crippen LogP contribution < -0.4 is 5.73 Å². The second kappa shape index (κ2) is 11.7. The molecule has 2 atom stereocenters. The summed E-state index contributed by atoms with van der Waals surface area (Å²) in [4.78, 5) is 15.0. The number of amides is 1. The number of hydrogen-bond donors (Lipinski definition) is 1. The number of carbonyl (C=O) groups is 1. The van der Waals surface area contributed by atoms with E-state index in [1.54, 1.807) is 0 Å². The molecule has 188 valence electrons. The Kier molecular flexibility index (Phi) is 7.93. The minimum absolute atomic E-state index is 0.0548. The maximum atomic E-state index is 13.1. The summed E-state index contributed by atoms with van der Waals surface area (Å²) in [5, 5.41) is 0.179. The fraction of sp³-hybridized carbons (Fsp3) is 0.219. The fourth-order valence-corrected chi connectivity index (χ4v) is 7.05. The van der Waals surface area contributed by atoms with Gasteiger partial charge in [-0.25, -0.2) is 4.79 Å². The zero-order valence-electron chi connectivity index (χ0n) is 20.8. The largest absolute Gasteiger partial charge is 0.445 e. The summed E-state index contributed by atoms with van der Waals surface area (Å²) in [5.74, 6) is 0. The van der Waals surface area contributed by atoms with E-state index < -0.39 is 4.75 Å². The van der Waals surface area contributed by atoms with Gasteiger partial charge in [0.15, 0.2) is 0 Å². The van der Waals surface area contributed by atoms with Crippen molar-refractivity contribution in [3.05, 3.63) is 144 Å². The summed E-state index contributed by atoms with van der Waals surface area (Å²) in [5.41, 5.74) is 10.8. The van der Waals surface area contributed by atoms with E-state index in [0.717, 1.165) is 12.0 Å². The first-order valence-electron chi connectivity index (χ1n) is 12.7. The number of hydrogen-bond acceptors (Lipinski definition) is 4. The Morgan fingerprint density at radius 3 is 1.70 bits per heavy atom. The molecule has 1 heterocycles. The molecule has 5 heteroatoms. The van der Waals surface area contributed by atoms with Gasteiger partial charge in [0.25, 0.3) is 0 Å². The molecule has 0 aromatic heterocycles. The summed E-state index contributed by atoms with van der Waals surface area (Å²) in [6.45, 7) is 1.26. The van der Waals surface area contributed by atoms with Gasteiger partial charge in [-0.1, -0.05) is 121 Å². The van der Waals surface area contributed by atoms with Crippen LogP contribution in [0.5, 0.6) is 0 Å². The van der Waals surface area contributed by atoms with E-state index in [1.807, 2.05) is 47.0 Å². The zero-order valence-corrected chi connectivity index (χ0v) is 21.6. The van der Waals surface area contributed by atoms with E-state index >= 15 is 0 Å². The van der Waals surface area contributed by atoms with Crippen LogP contribution in [0.2, 0.25) is 0 Å². The molecule has 0 spiro atoms. The molecule has 4 nitrogen and oxygen atoms in total. The highest BCUT2D eigenvalue weighted by Crippen LogP contribution is 2.52.